The minimum absolute atomic E-state index is 0.936. The average molecular weight is 284 g/mol. The summed E-state index contributed by atoms with van der Waals surface area (Å²) in [5.74, 6) is 0. The molecule has 98 valence electrons. The molecular formula is C17H20SSi. The van der Waals surface area contributed by atoms with Gasteiger partial charge in [-0.25, -0.2) is 0 Å². The van der Waals surface area contributed by atoms with Gasteiger partial charge in [-0.1, -0.05) is 67.3 Å². The molecule has 0 spiro atoms. The summed E-state index contributed by atoms with van der Waals surface area (Å²) in [4.78, 5) is 0. The predicted molar refractivity (Wildman–Crippen MR) is 90.7 cm³/mol. The van der Waals surface area contributed by atoms with E-state index in [-0.39, 0.29) is 0 Å². The third kappa shape index (κ3) is 3.55. The Kier molecular flexibility index (Phi) is 4.56. The lowest BCUT2D eigenvalue weighted by atomic mass is 10.1. The molecule has 0 amide bonds. The molecule has 0 N–H and O–H groups in total. The van der Waals surface area contributed by atoms with Gasteiger partial charge in [0.2, 0.25) is 0 Å². The Hall–Kier alpha value is -1.38. The molecule has 0 aliphatic heterocycles. The molecule has 0 radical (unpaired) electrons. The smallest absolute Gasteiger partial charge is 0.117 e. The van der Waals surface area contributed by atoms with E-state index in [0.29, 0.717) is 0 Å². The van der Waals surface area contributed by atoms with E-state index in [1.165, 1.54) is 15.6 Å². The Labute approximate surface area is 121 Å². The zero-order chi connectivity index (χ0) is 13.7. The van der Waals surface area contributed by atoms with Crippen molar-refractivity contribution in [2.45, 2.75) is 19.5 Å². The molecule has 2 heteroatoms. The molecule has 0 unspecified atom stereocenters. The van der Waals surface area contributed by atoms with Crippen molar-refractivity contribution in [3.63, 3.8) is 0 Å². The van der Waals surface area contributed by atoms with Gasteiger partial charge in [-0.05, 0) is 27.4 Å². The van der Waals surface area contributed by atoms with Crippen molar-refractivity contribution >= 4 is 29.5 Å². The molecule has 1 aromatic carbocycles. The van der Waals surface area contributed by atoms with Gasteiger partial charge in [-0.15, -0.1) is 6.58 Å². The van der Waals surface area contributed by atoms with E-state index in [1.54, 1.807) is 0 Å². The first kappa shape index (κ1) is 14.0. The van der Waals surface area contributed by atoms with Crippen molar-refractivity contribution in [1.29, 1.82) is 0 Å². The van der Waals surface area contributed by atoms with Crippen LogP contribution in [-0.2, 0) is 0 Å². The number of allylic oxidation sites excluding steroid dienone is 2. The van der Waals surface area contributed by atoms with Crippen molar-refractivity contribution in [3.05, 3.63) is 71.8 Å². The molecule has 0 atom stereocenters. The highest BCUT2D eigenvalue weighted by Gasteiger charge is 2.22. The summed E-state index contributed by atoms with van der Waals surface area (Å²) in [7, 11) is -1.50. The minimum Gasteiger partial charge on any atom is -0.153 e. The first-order valence-electron chi connectivity index (χ1n) is 6.55. The quantitative estimate of drug-likeness (QED) is 0.543. The molecule has 1 heterocycles. The summed E-state index contributed by atoms with van der Waals surface area (Å²) in [5, 5.41) is 2.17. The molecule has 0 nitrogen and oxygen atoms in total. The number of hydrogen-bond acceptors (Lipinski definition) is 1. The van der Waals surface area contributed by atoms with Crippen molar-refractivity contribution < 1.29 is 0 Å². The van der Waals surface area contributed by atoms with Crippen LogP contribution in [0, 0.1) is 0 Å². The second-order valence-electron chi connectivity index (χ2n) is 5.23. The fourth-order valence-corrected chi connectivity index (χ4v) is 6.10. The minimum atomic E-state index is -1.50. The van der Waals surface area contributed by atoms with Crippen molar-refractivity contribution in [2.24, 2.45) is 0 Å². The molecule has 0 aliphatic carbocycles. The van der Waals surface area contributed by atoms with Crippen LogP contribution in [0.3, 0.4) is 0 Å². The van der Waals surface area contributed by atoms with Gasteiger partial charge in [0.15, 0.2) is 0 Å². The van der Waals surface area contributed by atoms with Crippen LogP contribution in [0.2, 0.25) is 13.1 Å². The summed E-state index contributed by atoms with van der Waals surface area (Å²) in [6, 6.07) is 15.1. The Morgan fingerprint density at radius 1 is 1.16 bits per heavy atom. The van der Waals surface area contributed by atoms with Gasteiger partial charge in [0, 0.05) is 0 Å². The third-order valence-corrected chi connectivity index (χ3v) is 8.32. The molecule has 2 rings (SSSR count). The van der Waals surface area contributed by atoms with E-state index in [9.17, 15) is 0 Å². The van der Waals surface area contributed by atoms with Crippen LogP contribution >= 0.6 is 11.3 Å². The van der Waals surface area contributed by atoms with E-state index in [0.717, 1.165) is 6.42 Å². The second-order valence-corrected chi connectivity index (χ2v) is 10.8. The van der Waals surface area contributed by atoms with Crippen molar-refractivity contribution in [1.82, 2.24) is 0 Å². The van der Waals surface area contributed by atoms with E-state index in [2.05, 4.69) is 73.2 Å². The normalized spacial score (nSPS) is 12.4. The maximum Gasteiger partial charge on any atom is 0.117 e. The molecule has 0 saturated carbocycles. The lowest BCUT2D eigenvalue weighted by Crippen LogP contribution is -2.37. The summed E-state index contributed by atoms with van der Waals surface area (Å²) in [5.41, 5.74) is 5.23. The van der Waals surface area contributed by atoms with Crippen LogP contribution in [0.5, 0.6) is 0 Å². The highest BCUT2D eigenvalue weighted by atomic mass is 32.1. The third-order valence-electron chi connectivity index (χ3n) is 3.20. The first-order valence-corrected chi connectivity index (χ1v) is 10.5. The number of rotatable bonds is 5. The van der Waals surface area contributed by atoms with Gasteiger partial charge in [0.1, 0.15) is 8.07 Å². The second kappa shape index (κ2) is 6.18. The molecule has 19 heavy (non-hydrogen) atoms. The fraction of sp³-hybridized carbons (Fsp3) is 0.176. The van der Waals surface area contributed by atoms with E-state index in [4.69, 9.17) is 0 Å². The Morgan fingerprint density at radius 3 is 2.47 bits per heavy atom. The van der Waals surface area contributed by atoms with Crippen LogP contribution in [-0.4, -0.2) is 8.07 Å². The Morgan fingerprint density at radius 2 is 1.89 bits per heavy atom. The number of thiophene rings is 1. The number of hydrogen-bond donors (Lipinski definition) is 0. The predicted octanol–water partition coefficient (Wildman–Crippen LogP) is 4.86. The molecule has 2 aromatic rings. The zero-order valence-electron chi connectivity index (χ0n) is 11.6. The summed E-state index contributed by atoms with van der Waals surface area (Å²) < 4.78 is 1.53. The lowest BCUT2D eigenvalue weighted by molar-refractivity contribution is 1.40. The zero-order valence-corrected chi connectivity index (χ0v) is 13.4. The van der Waals surface area contributed by atoms with Crippen LogP contribution in [0.4, 0.5) is 0 Å². The molecule has 0 saturated heterocycles. The topological polar surface area (TPSA) is 0 Å². The van der Waals surface area contributed by atoms with Gasteiger partial charge < -0.3 is 0 Å². The molecule has 0 aliphatic rings. The van der Waals surface area contributed by atoms with Crippen LogP contribution in [0.15, 0.2) is 66.2 Å². The Balaban J connectivity index is 2.39. The largest absolute Gasteiger partial charge is 0.153 e. The van der Waals surface area contributed by atoms with Crippen LogP contribution < -0.4 is 4.50 Å². The molecule has 1 aromatic heterocycles. The SMILES string of the molecule is C=CC/C(=C/[Si](C)(C)c1cccs1)c1ccccc1. The average Bonchev–Trinajstić information content (AvgIpc) is 2.94. The van der Waals surface area contributed by atoms with E-state index in [1.807, 2.05) is 17.4 Å². The maximum atomic E-state index is 3.90. The van der Waals surface area contributed by atoms with Crippen LogP contribution in [0.1, 0.15) is 12.0 Å². The molecule has 0 fully saturated rings. The van der Waals surface area contributed by atoms with Gasteiger partial charge in [0.25, 0.3) is 0 Å². The van der Waals surface area contributed by atoms with Crippen molar-refractivity contribution in [3.8, 4) is 0 Å². The number of benzene rings is 1. The highest BCUT2D eigenvalue weighted by molar-refractivity contribution is 7.26. The van der Waals surface area contributed by atoms with Crippen LogP contribution in [0.25, 0.3) is 5.57 Å². The summed E-state index contributed by atoms with van der Waals surface area (Å²) in [6.07, 6.45) is 2.93. The van der Waals surface area contributed by atoms with Gasteiger partial charge in [0.05, 0.1) is 0 Å². The Bertz CT molecular complexity index is 550. The highest BCUT2D eigenvalue weighted by Crippen LogP contribution is 2.22. The maximum absolute atomic E-state index is 3.90. The standard InChI is InChI=1S/C17H20SSi/c1-4-9-16(15-10-6-5-7-11-15)14-19(2,3)17-12-8-13-18-17/h4-8,10-14H,1,9H2,2-3H3/b16-14-. The van der Waals surface area contributed by atoms with Gasteiger partial charge >= 0.3 is 0 Å². The summed E-state index contributed by atoms with van der Waals surface area (Å²) >= 11 is 1.88. The van der Waals surface area contributed by atoms with E-state index < -0.39 is 8.07 Å². The fourth-order valence-electron chi connectivity index (χ4n) is 2.22. The van der Waals surface area contributed by atoms with E-state index >= 15 is 0 Å². The van der Waals surface area contributed by atoms with Gasteiger partial charge in [-0.3, -0.25) is 0 Å². The monoisotopic (exact) mass is 284 g/mol. The molecular weight excluding hydrogens is 264 g/mol. The lowest BCUT2D eigenvalue weighted by Gasteiger charge is -2.18. The molecule has 0 bridgehead atoms. The first-order chi connectivity index (χ1) is 9.13. The van der Waals surface area contributed by atoms with Crippen molar-refractivity contribution in [2.75, 3.05) is 0 Å². The van der Waals surface area contributed by atoms with Gasteiger partial charge in [-0.2, -0.15) is 11.3 Å². The summed E-state index contributed by atoms with van der Waals surface area (Å²) in [6.45, 7) is 8.71.